The first-order valence-electron chi connectivity index (χ1n) is 10.3. The van der Waals surface area contributed by atoms with Gasteiger partial charge in [0.05, 0.1) is 17.3 Å². The molecule has 1 aliphatic heterocycles. The molecule has 0 saturated heterocycles. The van der Waals surface area contributed by atoms with Gasteiger partial charge < -0.3 is 10.2 Å². The van der Waals surface area contributed by atoms with Gasteiger partial charge in [-0.15, -0.1) is 0 Å². The van der Waals surface area contributed by atoms with E-state index in [4.69, 9.17) is 0 Å². The summed E-state index contributed by atoms with van der Waals surface area (Å²) in [6, 6.07) is 21.7. The van der Waals surface area contributed by atoms with Crippen molar-refractivity contribution in [2.24, 2.45) is 0 Å². The molecule has 0 radical (unpaired) electrons. The number of aldehydes is 1. The number of benzene rings is 3. The number of hydrogen-bond donors (Lipinski definition) is 1. The summed E-state index contributed by atoms with van der Waals surface area (Å²) in [4.78, 5) is 26.3. The minimum Gasteiger partial charge on any atom is -0.366 e. The molecule has 1 N–H and O–H groups in total. The van der Waals surface area contributed by atoms with Crippen LogP contribution >= 0.6 is 0 Å². The highest BCUT2D eigenvalue weighted by molar-refractivity contribution is 6.01. The van der Waals surface area contributed by atoms with Gasteiger partial charge in [-0.05, 0) is 43.0 Å². The molecule has 4 nitrogen and oxygen atoms in total. The van der Waals surface area contributed by atoms with Crippen LogP contribution in [0, 0.1) is 6.92 Å². The van der Waals surface area contributed by atoms with Gasteiger partial charge in [-0.2, -0.15) is 0 Å². The Labute approximate surface area is 177 Å². The molecule has 0 unspecified atom stereocenters. The summed E-state index contributed by atoms with van der Waals surface area (Å²) < 4.78 is 0. The van der Waals surface area contributed by atoms with Crippen LogP contribution in [-0.4, -0.2) is 18.7 Å². The fourth-order valence-corrected chi connectivity index (χ4v) is 4.01. The SMILES string of the molecule is Cc1ccc(CN2CCc3cccc(C(=O)N[C@@H](C)c4ccc(C=O)cc4)c32)cc1. The van der Waals surface area contributed by atoms with E-state index in [1.165, 1.54) is 16.7 Å². The molecule has 1 atom stereocenters. The number of nitrogens with zero attached hydrogens (tertiary/aromatic N) is 1. The molecule has 30 heavy (non-hydrogen) atoms. The molecule has 4 heteroatoms. The average Bonchev–Trinajstić information content (AvgIpc) is 3.18. The largest absolute Gasteiger partial charge is 0.366 e. The second-order valence-electron chi connectivity index (χ2n) is 7.95. The average molecular weight is 399 g/mol. The molecule has 0 spiro atoms. The fraction of sp³-hybridized carbons (Fsp3) is 0.231. The summed E-state index contributed by atoms with van der Waals surface area (Å²) in [5.74, 6) is -0.0744. The maximum Gasteiger partial charge on any atom is 0.253 e. The number of fused-ring (bicyclic) bond motifs is 1. The van der Waals surface area contributed by atoms with Crippen LogP contribution in [0.4, 0.5) is 5.69 Å². The number of aryl methyl sites for hydroxylation is 1. The third kappa shape index (κ3) is 4.13. The van der Waals surface area contributed by atoms with Gasteiger partial charge in [0.15, 0.2) is 0 Å². The van der Waals surface area contributed by atoms with Gasteiger partial charge in [0.25, 0.3) is 5.91 Å². The molecule has 152 valence electrons. The van der Waals surface area contributed by atoms with Crippen molar-refractivity contribution < 1.29 is 9.59 Å². The van der Waals surface area contributed by atoms with Crippen LogP contribution in [0.1, 0.15) is 55.9 Å². The van der Waals surface area contributed by atoms with Crippen molar-refractivity contribution >= 4 is 17.9 Å². The maximum absolute atomic E-state index is 13.2. The van der Waals surface area contributed by atoms with Gasteiger partial charge in [0.2, 0.25) is 0 Å². The smallest absolute Gasteiger partial charge is 0.253 e. The Kier molecular flexibility index (Phi) is 5.66. The highest BCUT2D eigenvalue weighted by Crippen LogP contribution is 2.33. The Bertz CT molecular complexity index is 1060. The van der Waals surface area contributed by atoms with Gasteiger partial charge in [0.1, 0.15) is 6.29 Å². The zero-order valence-electron chi connectivity index (χ0n) is 17.4. The standard InChI is InChI=1S/C26H26N2O2/c1-18-6-8-20(9-7-18)16-28-15-14-23-4-3-5-24(25(23)28)26(30)27-19(2)22-12-10-21(17-29)11-13-22/h3-13,17,19H,14-16H2,1-2H3,(H,27,30)/t19-/m0/s1. The number of carbonyl (C=O) groups is 2. The summed E-state index contributed by atoms with van der Waals surface area (Å²) in [6.07, 6.45) is 1.77. The highest BCUT2D eigenvalue weighted by atomic mass is 16.1. The molecule has 1 amide bonds. The third-order valence-corrected chi connectivity index (χ3v) is 5.75. The molecule has 1 heterocycles. The van der Waals surface area contributed by atoms with Crippen molar-refractivity contribution in [2.45, 2.75) is 32.9 Å². The van der Waals surface area contributed by atoms with Crippen molar-refractivity contribution in [3.63, 3.8) is 0 Å². The second-order valence-corrected chi connectivity index (χ2v) is 7.95. The molecule has 0 fully saturated rings. The van der Waals surface area contributed by atoms with Gasteiger partial charge in [-0.1, -0.05) is 66.2 Å². The van der Waals surface area contributed by atoms with Crippen LogP contribution in [0.5, 0.6) is 0 Å². The molecule has 0 saturated carbocycles. The number of hydrogen-bond acceptors (Lipinski definition) is 3. The van der Waals surface area contributed by atoms with Crippen molar-refractivity contribution in [2.75, 3.05) is 11.4 Å². The summed E-state index contributed by atoms with van der Waals surface area (Å²) in [6.45, 7) is 5.75. The first kappa shape index (κ1) is 19.9. The Morgan fingerprint density at radius 1 is 1.07 bits per heavy atom. The lowest BCUT2D eigenvalue weighted by Gasteiger charge is -2.23. The lowest BCUT2D eigenvalue weighted by Crippen LogP contribution is -2.29. The second kappa shape index (κ2) is 8.54. The van der Waals surface area contributed by atoms with E-state index < -0.39 is 0 Å². The van der Waals surface area contributed by atoms with E-state index >= 15 is 0 Å². The molecule has 0 bridgehead atoms. The lowest BCUT2D eigenvalue weighted by molar-refractivity contribution is 0.0940. The molecular weight excluding hydrogens is 372 g/mol. The van der Waals surface area contributed by atoms with Gasteiger partial charge in [-0.3, -0.25) is 9.59 Å². The monoisotopic (exact) mass is 398 g/mol. The van der Waals surface area contributed by atoms with Crippen molar-refractivity contribution in [1.29, 1.82) is 0 Å². The summed E-state index contributed by atoms with van der Waals surface area (Å²) in [7, 11) is 0. The fourth-order valence-electron chi connectivity index (χ4n) is 4.01. The highest BCUT2D eigenvalue weighted by Gasteiger charge is 2.26. The van der Waals surface area contributed by atoms with Crippen LogP contribution < -0.4 is 10.2 Å². The lowest BCUT2D eigenvalue weighted by atomic mass is 10.0. The Morgan fingerprint density at radius 3 is 2.50 bits per heavy atom. The van der Waals surface area contributed by atoms with Crippen LogP contribution in [-0.2, 0) is 13.0 Å². The Morgan fingerprint density at radius 2 is 1.80 bits per heavy atom. The number of rotatable bonds is 6. The molecule has 3 aromatic rings. The Balaban J connectivity index is 1.54. The van der Waals surface area contributed by atoms with Crippen molar-refractivity contribution in [1.82, 2.24) is 5.32 Å². The first-order chi connectivity index (χ1) is 14.5. The minimum absolute atomic E-state index is 0.0744. The third-order valence-electron chi connectivity index (χ3n) is 5.75. The number of nitrogens with one attached hydrogen (secondary N) is 1. The van der Waals surface area contributed by atoms with Gasteiger partial charge in [-0.25, -0.2) is 0 Å². The van der Waals surface area contributed by atoms with Crippen LogP contribution in [0.25, 0.3) is 0 Å². The van der Waals surface area contributed by atoms with Crippen LogP contribution in [0.15, 0.2) is 66.7 Å². The summed E-state index contributed by atoms with van der Waals surface area (Å²) in [5, 5.41) is 3.12. The predicted octanol–water partition coefficient (Wildman–Crippen LogP) is 4.86. The summed E-state index contributed by atoms with van der Waals surface area (Å²) in [5.41, 5.74) is 7.07. The van der Waals surface area contributed by atoms with Gasteiger partial charge >= 0.3 is 0 Å². The van der Waals surface area contributed by atoms with E-state index in [9.17, 15) is 9.59 Å². The Hall–Kier alpha value is -3.40. The zero-order chi connectivity index (χ0) is 21.1. The number of carbonyl (C=O) groups excluding carboxylic acids is 2. The van der Waals surface area contributed by atoms with E-state index in [1.54, 1.807) is 12.1 Å². The van der Waals surface area contributed by atoms with E-state index in [1.807, 2.05) is 31.2 Å². The van der Waals surface area contributed by atoms with Gasteiger partial charge in [0, 0.05) is 18.7 Å². The molecular formula is C26H26N2O2. The van der Waals surface area contributed by atoms with Crippen LogP contribution in [0.3, 0.4) is 0 Å². The quantitative estimate of drug-likeness (QED) is 0.603. The molecule has 4 rings (SSSR count). The number of amides is 1. The number of anilines is 1. The van der Waals surface area contributed by atoms with E-state index in [0.717, 1.165) is 37.0 Å². The topological polar surface area (TPSA) is 49.4 Å². The molecule has 0 aromatic heterocycles. The molecule has 1 aliphatic rings. The maximum atomic E-state index is 13.2. The van der Waals surface area contributed by atoms with E-state index in [-0.39, 0.29) is 11.9 Å². The zero-order valence-corrected chi connectivity index (χ0v) is 17.4. The molecule has 0 aliphatic carbocycles. The first-order valence-corrected chi connectivity index (χ1v) is 10.3. The predicted molar refractivity (Wildman–Crippen MR) is 120 cm³/mol. The van der Waals surface area contributed by atoms with Crippen molar-refractivity contribution in [3.8, 4) is 0 Å². The van der Waals surface area contributed by atoms with E-state index in [0.29, 0.717) is 11.1 Å². The summed E-state index contributed by atoms with van der Waals surface area (Å²) >= 11 is 0. The normalized spacial score (nSPS) is 13.6. The molecule has 3 aromatic carbocycles. The van der Waals surface area contributed by atoms with Crippen LogP contribution in [0.2, 0.25) is 0 Å². The number of para-hydroxylation sites is 1. The van der Waals surface area contributed by atoms with E-state index in [2.05, 4.69) is 47.5 Å². The minimum atomic E-state index is -0.152. The van der Waals surface area contributed by atoms with Crippen molar-refractivity contribution in [3.05, 3.63) is 100 Å².